The number of fused-ring (bicyclic) bond motifs is 1. The highest BCUT2D eigenvalue weighted by Gasteiger charge is 2.16. The van der Waals surface area contributed by atoms with Crippen LogP contribution in [0.3, 0.4) is 0 Å². The summed E-state index contributed by atoms with van der Waals surface area (Å²) >= 11 is 1.64. The third-order valence-corrected chi connectivity index (χ3v) is 4.74. The molecule has 6 heteroatoms. The molecule has 1 N–H and O–H groups in total. The molecule has 1 aliphatic rings. The number of hydrogen-bond donors (Lipinski definition) is 1. The minimum atomic E-state index is -0.0965. The lowest BCUT2D eigenvalue weighted by Gasteiger charge is -2.22. The van der Waals surface area contributed by atoms with E-state index in [1.807, 2.05) is 42.6 Å². The summed E-state index contributed by atoms with van der Waals surface area (Å²) in [5.41, 5.74) is 1.01. The van der Waals surface area contributed by atoms with Crippen molar-refractivity contribution in [3.63, 3.8) is 0 Å². The molecule has 2 amide bonds. The van der Waals surface area contributed by atoms with Gasteiger partial charge in [0.25, 0.3) is 0 Å². The summed E-state index contributed by atoms with van der Waals surface area (Å²) in [5, 5.41) is 5.02. The number of nitrogens with zero attached hydrogens (tertiary/aromatic N) is 1. The van der Waals surface area contributed by atoms with Gasteiger partial charge in [0.1, 0.15) is 13.2 Å². The highest BCUT2D eigenvalue weighted by atomic mass is 32.1. The summed E-state index contributed by atoms with van der Waals surface area (Å²) in [5.74, 6) is 1.51. The van der Waals surface area contributed by atoms with Gasteiger partial charge in [-0.1, -0.05) is 12.1 Å². The van der Waals surface area contributed by atoms with Crippen molar-refractivity contribution in [3.8, 4) is 11.5 Å². The van der Waals surface area contributed by atoms with Crippen LogP contribution in [0.25, 0.3) is 0 Å². The molecular formula is C17H20N2O3S. The molecule has 2 heterocycles. The summed E-state index contributed by atoms with van der Waals surface area (Å²) in [4.78, 5) is 15.1. The molecule has 3 rings (SSSR count). The van der Waals surface area contributed by atoms with Crippen LogP contribution in [0.4, 0.5) is 4.79 Å². The fraction of sp³-hybridized carbons (Fsp3) is 0.353. The summed E-state index contributed by atoms with van der Waals surface area (Å²) in [6.45, 7) is 3.64. The van der Waals surface area contributed by atoms with E-state index in [2.05, 4.69) is 5.32 Å². The first-order valence-corrected chi connectivity index (χ1v) is 8.45. The van der Waals surface area contributed by atoms with Crippen LogP contribution in [0, 0.1) is 0 Å². The van der Waals surface area contributed by atoms with Gasteiger partial charge in [-0.15, -0.1) is 11.3 Å². The summed E-state index contributed by atoms with van der Waals surface area (Å²) in [6, 6.07) is 9.70. The van der Waals surface area contributed by atoms with E-state index in [4.69, 9.17) is 9.47 Å². The molecule has 23 heavy (non-hydrogen) atoms. The second-order valence-electron chi connectivity index (χ2n) is 5.52. The molecule has 1 unspecified atom stereocenters. The van der Waals surface area contributed by atoms with Gasteiger partial charge < -0.3 is 19.7 Å². The molecule has 0 fully saturated rings. The number of benzene rings is 1. The maximum Gasteiger partial charge on any atom is 0.317 e. The first kappa shape index (κ1) is 15.7. The van der Waals surface area contributed by atoms with E-state index in [1.165, 1.54) is 0 Å². The third kappa shape index (κ3) is 3.76. The number of carbonyl (C=O) groups excluding carboxylic acids is 1. The van der Waals surface area contributed by atoms with Crippen molar-refractivity contribution >= 4 is 17.4 Å². The van der Waals surface area contributed by atoms with Crippen LogP contribution < -0.4 is 14.8 Å². The number of nitrogens with one attached hydrogen (secondary N) is 1. The van der Waals surface area contributed by atoms with Crippen LogP contribution in [0.15, 0.2) is 35.7 Å². The van der Waals surface area contributed by atoms with Crippen molar-refractivity contribution < 1.29 is 14.3 Å². The number of rotatable bonds is 4. The number of thiophene rings is 1. The average molecular weight is 332 g/mol. The zero-order valence-electron chi connectivity index (χ0n) is 13.2. The third-order valence-electron chi connectivity index (χ3n) is 3.68. The predicted molar refractivity (Wildman–Crippen MR) is 90.2 cm³/mol. The molecular weight excluding hydrogens is 312 g/mol. The smallest absolute Gasteiger partial charge is 0.317 e. The van der Waals surface area contributed by atoms with Crippen LogP contribution in [0.5, 0.6) is 11.5 Å². The summed E-state index contributed by atoms with van der Waals surface area (Å²) in [6.07, 6.45) is 0. The van der Waals surface area contributed by atoms with Crippen molar-refractivity contribution in [2.24, 2.45) is 0 Å². The van der Waals surface area contributed by atoms with Gasteiger partial charge in [-0.3, -0.25) is 0 Å². The summed E-state index contributed by atoms with van der Waals surface area (Å²) in [7, 11) is 1.79. The Morgan fingerprint density at radius 3 is 2.83 bits per heavy atom. The molecule has 0 saturated carbocycles. The molecule has 0 saturated heterocycles. The monoisotopic (exact) mass is 332 g/mol. The SMILES string of the molecule is CC(NC(=O)N(C)Cc1ccc2c(c1)OCCO2)c1cccs1. The summed E-state index contributed by atoms with van der Waals surface area (Å²) < 4.78 is 11.1. The number of amides is 2. The van der Waals surface area contributed by atoms with Crippen LogP contribution in [-0.4, -0.2) is 31.2 Å². The zero-order chi connectivity index (χ0) is 16.2. The largest absolute Gasteiger partial charge is 0.486 e. The maximum atomic E-state index is 12.3. The van der Waals surface area contributed by atoms with E-state index in [0.717, 1.165) is 21.9 Å². The second kappa shape index (κ2) is 6.91. The lowest BCUT2D eigenvalue weighted by atomic mass is 10.2. The van der Waals surface area contributed by atoms with E-state index < -0.39 is 0 Å². The van der Waals surface area contributed by atoms with Gasteiger partial charge in [0.2, 0.25) is 0 Å². The first-order valence-electron chi connectivity index (χ1n) is 7.57. The van der Waals surface area contributed by atoms with Crippen molar-refractivity contribution in [1.29, 1.82) is 0 Å². The van der Waals surface area contributed by atoms with Crippen LogP contribution >= 0.6 is 11.3 Å². The minimum Gasteiger partial charge on any atom is -0.486 e. The maximum absolute atomic E-state index is 12.3. The topological polar surface area (TPSA) is 50.8 Å². The van der Waals surface area contributed by atoms with E-state index in [1.54, 1.807) is 23.3 Å². The molecule has 1 aromatic heterocycles. The lowest BCUT2D eigenvalue weighted by molar-refractivity contribution is 0.171. The molecule has 2 aromatic rings. The zero-order valence-corrected chi connectivity index (χ0v) is 14.1. The van der Waals surface area contributed by atoms with Crippen molar-refractivity contribution in [3.05, 3.63) is 46.2 Å². The Bertz CT molecular complexity index is 672. The predicted octanol–water partition coefficient (Wildman–Crippen LogP) is 3.42. The number of hydrogen-bond acceptors (Lipinski definition) is 4. The van der Waals surface area contributed by atoms with Crippen molar-refractivity contribution in [2.75, 3.05) is 20.3 Å². The van der Waals surface area contributed by atoms with Gasteiger partial charge in [0.05, 0.1) is 6.04 Å². The van der Waals surface area contributed by atoms with Gasteiger partial charge in [-0.2, -0.15) is 0 Å². The molecule has 0 spiro atoms. The first-order chi connectivity index (χ1) is 11.1. The molecule has 1 atom stereocenters. The Morgan fingerprint density at radius 2 is 2.09 bits per heavy atom. The Balaban J connectivity index is 1.60. The molecule has 0 bridgehead atoms. The minimum absolute atomic E-state index is 0.00483. The molecule has 1 aromatic carbocycles. The highest BCUT2D eigenvalue weighted by molar-refractivity contribution is 7.10. The molecule has 122 valence electrons. The Hall–Kier alpha value is -2.21. The van der Waals surface area contributed by atoms with Crippen LogP contribution in [0.1, 0.15) is 23.4 Å². The van der Waals surface area contributed by atoms with Crippen LogP contribution in [-0.2, 0) is 6.54 Å². The average Bonchev–Trinajstić information content (AvgIpc) is 3.09. The second-order valence-corrected chi connectivity index (χ2v) is 6.50. The van der Waals surface area contributed by atoms with Gasteiger partial charge in [-0.25, -0.2) is 4.79 Å². The van der Waals surface area contributed by atoms with Gasteiger partial charge in [0.15, 0.2) is 11.5 Å². The fourth-order valence-corrected chi connectivity index (χ4v) is 3.17. The normalized spacial score (nSPS) is 14.2. The Kier molecular flexibility index (Phi) is 4.71. The standard InChI is InChI=1S/C17H20N2O3S/c1-12(16-4-3-9-23-16)18-17(20)19(2)11-13-5-6-14-15(10-13)22-8-7-21-14/h3-6,9-10,12H,7-8,11H2,1-2H3,(H,18,20). The molecule has 5 nitrogen and oxygen atoms in total. The van der Waals surface area contributed by atoms with Crippen LogP contribution in [0.2, 0.25) is 0 Å². The molecule has 0 radical (unpaired) electrons. The van der Waals surface area contributed by atoms with E-state index in [9.17, 15) is 4.79 Å². The molecule has 1 aliphatic heterocycles. The highest BCUT2D eigenvalue weighted by Crippen LogP contribution is 2.31. The van der Waals surface area contributed by atoms with Crippen molar-refractivity contribution in [1.82, 2.24) is 10.2 Å². The van der Waals surface area contributed by atoms with Crippen molar-refractivity contribution in [2.45, 2.75) is 19.5 Å². The fourth-order valence-electron chi connectivity index (χ4n) is 2.44. The molecule has 0 aliphatic carbocycles. The number of carbonyl (C=O) groups is 1. The lowest BCUT2D eigenvalue weighted by Crippen LogP contribution is -2.38. The van der Waals surface area contributed by atoms with E-state index in [0.29, 0.717) is 19.8 Å². The van der Waals surface area contributed by atoms with Gasteiger partial charge in [-0.05, 0) is 36.1 Å². The van der Waals surface area contributed by atoms with Gasteiger partial charge in [0, 0.05) is 18.5 Å². The quantitative estimate of drug-likeness (QED) is 0.933. The van der Waals surface area contributed by atoms with Gasteiger partial charge >= 0.3 is 6.03 Å². The Labute approximate surface area is 139 Å². The Morgan fingerprint density at radius 1 is 1.30 bits per heavy atom. The number of ether oxygens (including phenoxy) is 2. The number of urea groups is 1. The van der Waals surface area contributed by atoms with E-state index in [-0.39, 0.29) is 12.1 Å². The van der Waals surface area contributed by atoms with E-state index >= 15 is 0 Å².